The van der Waals surface area contributed by atoms with Crippen LogP contribution in [0.3, 0.4) is 0 Å². The smallest absolute Gasteiger partial charge is 0.408 e. The number of carbonyl (C=O) groups excluding carboxylic acids is 3. The molecule has 3 atom stereocenters. The Kier molecular flexibility index (Phi) is 11.4. The van der Waals surface area contributed by atoms with E-state index < -0.39 is 23.8 Å². The van der Waals surface area contributed by atoms with E-state index >= 15 is 0 Å². The lowest BCUT2D eigenvalue weighted by atomic mass is 9.93. The van der Waals surface area contributed by atoms with Gasteiger partial charge in [0.15, 0.2) is 0 Å². The second-order valence-electron chi connectivity index (χ2n) is 12.5. The van der Waals surface area contributed by atoms with Gasteiger partial charge in [0, 0.05) is 11.7 Å². The molecular weight excluding hydrogens is 502 g/mol. The molecule has 0 aliphatic heterocycles. The standard InChI is InChI=1S/C33H49N3O4/c1-20(2)15-18-25(7)36(31(38)26(8)34-32(39)40-33(9,10)11)29(27-19-21(3)16-17-22(27)4)30(37)35-28-23(5)13-12-14-24(28)6/h12-14,16-17,19-20,25-26,29H,15,18H2,1-11H3,(H,34,39)(H,35,37). The quantitative estimate of drug-likeness (QED) is 0.328. The number of alkyl carbamates (subject to hydrolysis) is 1. The number of nitrogens with zero attached hydrogens (tertiary/aromatic N) is 1. The third-order valence-corrected chi connectivity index (χ3v) is 6.98. The molecule has 0 saturated heterocycles. The van der Waals surface area contributed by atoms with Crippen molar-refractivity contribution in [3.63, 3.8) is 0 Å². The van der Waals surface area contributed by atoms with Gasteiger partial charge in [-0.1, -0.05) is 55.8 Å². The molecule has 0 fully saturated rings. The first kappa shape index (κ1) is 32.9. The van der Waals surface area contributed by atoms with E-state index in [9.17, 15) is 14.4 Å². The van der Waals surface area contributed by atoms with Crippen LogP contribution in [0.4, 0.5) is 10.5 Å². The summed E-state index contributed by atoms with van der Waals surface area (Å²) in [4.78, 5) is 42.7. The largest absolute Gasteiger partial charge is 0.444 e. The van der Waals surface area contributed by atoms with Crippen molar-refractivity contribution in [3.8, 4) is 0 Å². The fourth-order valence-corrected chi connectivity index (χ4v) is 4.76. The molecule has 3 unspecified atom stereocenters. The van der Waals surface area contributed by atoms with E-state index in [4.69, 9.17) is 4.74 Å². The van der Waals surface area contributed by atoms with Gasteiger partial charge in [-0.05, 0) is 103 Å². The highest BCUT2D eigenvalue weighted by molar-refractivity contribution is 6.00. The van der Waals surface area contributed by atoms with Gasteiger partial charge in [-0.15, -0.1) is 0 Å². The summed E-state index contributed by atoms with van der Waals surface area (Å²) in [6.45, 7) is 21.1. The summed E-state index contributed by atoms with van der Waals surface area (Å²) >= 11 is 0. The molecule has 0 heterocycles. The van der Waals surface area contributed by atoms with Gasteiger partial charge in [0.2, 0.25) is 5.91 Å². The summed E-state index contributed by atoms with van der Waals surface area (Å²) in [5.41, 5.74) is 4.59. The minimum absolute atomic E-state index is 0.272. The van der Waals surface area contributed by atoms with Crippen LogP contribution >= 0.6 is 0 Å². The van der Waals surface area contributed by atoms with Crippen LogP contribution in [0.2, 0.25) is 0 Å². The maximum atomic E-state index is 14.3. The van der Waals surface area contributed by atoms with Crippen LogP contribution in [0.1, 0.15) is 95.2 Å². The van der Waals surface area contributed by atoms with Crippen LogP contribution in [-0.4, -0.2) is 40.5 Å². The van der Waals surface area contributed by atoms with Gasteiger partial charge in [0.05, 0.1) is 0 Å². The van der Waals surface area contributed by atoms with Gasteiger partial charge in [0.25, 0.3) is 5.91 Å². The second kappa shape index (κ2) is 13.8. The monoisotopic (exact) mass is 551 g/mol. The first-order valence-corrected chi connectivity index (χ1v) is 14.3. The van der Waals surface area contributed by atoms with Crippen molar-refractivity contribution in [1.82, 2.24) is 10.2 Å². The molecule has 0 saturated carbocycles. The van der Waals surface area contributed by atoms with E-state index in [1.165, 1.54) is 0 Å². The number of hydrogen-bond donors (Lipinski definition) is 2. The van der Waals surface area contributed by atoms with E-state index in [1.807, 2.05) is 71.0 Å². The Bertz CT molecular complexity index is 1180. The van der Waals surface area contributed by atoms with Crippen LogP contribution in [0, 0.1) is 33.6 Å². The van der Waals surface area contributed by atoms with E-state index in [0.717, 1.165) is 39.9 Å². The van der Waals surface area contributed by atoms with Crippen LogP contribution in [0.15, 0.2) is 36.4 Å². The lowest BCUT2D eigenvalue weighted by Gasteiger charge is -2.39. The minimum atomic E-state index is -0.906. The average Bonchev–Trinajstić information content (AvgIpc) is 2.83. The normalized spacial score (nSPS) is 13.8. The molecule has 0 aromatic heterocycles. The number of ether oxygens (including phenoxy) is 1. The molecule has 220 valence electrons. The predicted molar refractivity (Wildman–Crippen MR) is 162 cm³/mol. The SMILES string of the molecule is Cc1ccc(C)c(C(C(=O)Nc2c(C)cccc2C)N(C(=O)C(C)NC(=O)OC(C)(C)C)C(C)CCC(C)C)c1. The highest BCUT2D eigenvalue weighted by Crippen LogP contribution is 2.32. The van der Waals surface area contributed by atoms with Crippen molar-refractivity contribution in [2.24, 2.45) is 5.92 Å². The Labute approximate surface area is 241 Å². The van der Waals surface area contributed by atoms with Crippen LogP contribution < -0.4 is 10.6 Å². The van der Waals surface area contributed by atoms with Crippen molar-refractivity contribution in [2.45, 2.75) is 113 Å². The summed E-state index contributed by atoms with van der Waals surface area (Å²) in [5.74, 6) is -0.204. The van der Waals surface area contributed by atoms with Crippen LogP contribution in [-0.2, 0) is 14.3 Å². The van der Waals surface area contributed by atoms with Gasteiger partial charge in [-0.3, -0.25) is 9.59 Å². The lowest BCUT2D eigenvalue weighted by Crippen LogP contribution is -2.54. The minimum Gasteiger partial charge on any atom is -0.444 e. The zero-order chi connectivity index (χ0) is 30.4. The molecule has 2 aromatic rings. The van der Waals surface area contributed by atoms with E-state index in [2.05, 4.69) is 24.5 Å². The Morgan fingerprint density at radius 1 is 0.875 bits per heavy atom. The summed E-state index contributed by atoms with van der Waals surface area (Å²) in [5, 5.41) is 5.84. The number of hydrogen-bond acceptors (Lipinski definition) is 4. The fraction of sp³-hybridized carbons (Fsp3) is 0.545. The first-order chi connectivity index (χ1) is 18.5. The Morgan fingerprint density at radius 3 is 2.02 bits per heavy atom. The highest BCUT2D eigenvalue weighted by atomic mass is 16.6. The van der Waals surface area contributed by atoms with E-state index in [-0.39, 0.29) is 17.9 Å². The zero-order valence-corrected chi connectivity index (χ0v) is 26.3. The molecule has 0 bridgehead atoms. The van der Waals surface area contributed by atoms with E-state index in [0.29, 0.717) is 12.3 Å². The Hall–Kier alpha value is -3.35. The fourth-order valence-electron chi connectivity index (χ4n) is 4.76. The number of nitrogens with one attached hydrogen (secondary N) is 2. The number of benzene rings is 2. The van der Waals surface area contributed by atoms with Crippen LogP contribution in [0.5, 0.6) is 0 Å². The molecule has 0 aliphatic carbocycles. The van der Waals surface area contributed by atoms with E-state index in [1.54, 1.807) is 32.6 Å². The molecule has 7 heteroatoms. The molecule has 2 N–H and O–H groups in total. The molecule has 3 amide bonds. The molecular formula is C33H49N3O4. The summed E-state index contributed by atoms with van der Waals surface area (Å²) < 4.78 is 5.41. The second-order valence-corrected chi connectivity index (χ2v) is 12.5. The number of carbonyl (C=O) groups is 3. The predicted octanol–water partition coefficient (Wildman–Crippen LogP) is 7.17. The average molecular weight is 552 g/mol. The topological polar surface area (TPSA) is 87.7 Å². The molecule has 2 aromatic carbocycles. The van der Waals surface area contributed by atoms with Crippen molar-refractivity contribution in [1.29, 1.82) is 0 Å². The molecule has 40 heavy (non-hydrogen) atoms. The first-order valence-electron chi connectivity index (χ1n) is 14.3. The summed E-state index contributed by atoms with van der Waals surface area (Å²) in [6, 6.07) is 9.74. The van der Waals surface area contributed by atoms with Crippen molar-refractivity contribution in [2.75, 3.05) is 5.32 Å². The summed E-state index contributed by atoms with van der Waals surface area (Å²) in [6.07, 6.45) is 0.920. The Balaban J connectivity index is 2.63. The third kappa shape index (κ3) is 9.10. The number of anilines is 1. The number of rotatable bonds is 10. The van der Waals surface area contributed by atoms with Gasteiger partial charge >= 0.3 is 6.09 Å². The zero-order valence-electron chi connectivity index (χ0n) is 26.3. The van der Waals surface area contributed by atoms with Crippen molar-refractivity contribution >= 4 is 23.6 Å². The van der Waals surface area contributed by atoms with Gasteiger partial charge in [-0.25, -0.2) is 4.79 Å². The number of para-hydroxylation sites is 1. The van der Waals surface area contributed by atoms with Crippen molar-refractivity contribution < 1.29 is 19.1 Å². The number of amides is 3. The highest BCUT2D eigenvalue weighted by Gasteiger charge is 2.38. The lowest BCUT2D eigenvalue weighted by molar-refractivity contribution is -0.143. The molecule has 2 rings (SSSR count). The Morgan fingerprint density at radius 2 is 1.48 bits per heavy atom. The molecule has 0 aliphatic rings. The summed E-state index contributed by atoms with van der Waals surface area (Å²) in [7, 11) is 0. The van der Waals surface area contributed by atoms with Crippen LogP contribution in [0.25, 0.3) is 0 Å². The van der Waals surface area contributed by atoms with Gasteiger partial charge < -0.3 is 20.3 Å². The van der Waals surface area contributed by atoms with Crippen molar-refractivity contribution in [3.05, 3.63) is 64.2 Å². The third-order valence-electron chi connectivity index (χ3n) is 6.98. The number of aryl methyl sites for hydroxylation is 4. The van der Waals surface area contributed by atoms with Gasteiger partial charge in [0.1, 0.15) is 17.7 Å². The molecule has 0 spiro atoms. The molecule has 7 nitrogen and oxygen atoms in total. The van der Waals surface area contributed by atoms with Gasteiger partial charge in [-0.2, -0.15) is 0 Å². The maximum absolute atomic E-state index is 14.3. The molecule has 0 radical (unpaired) electrons. The maximum Gasteiger partial charge on any atom is 0.408 e.